The summed E-state index contributed by atoms with van der Waals surface area (Å²) in [5.74, 6) is 0. The fraction of sp³-hybridized carbons (Fsp3) is 0.500. The van der Waals surface area contributed by atoms with Gasteiger partial charge in [0, 0.05) is 45.0 Å². The topological polar surface area (TPSA) is 61.9 Å². The van der Waals surface area contributed by atoms with Crippen molar-refractivity contribution in [2.24, 2.45) is 0 Å². The van der Waals surface area contributed by atoms with Crippen molar-refractivity contribution in [3.05, 3.63) is 58.7 Å². The lowest BCUT2D eigenvalue weighted by atomic mass is 9.96. The van der Waals surface area contributed by atoms with Gasteiger partial charge in [0.25, 0.3) is 0 Å². The van der Waals surface area contributed by atoms with Crippen LogP contribution >= 0.6 is 0 Å². The first-order valence-electron chi connectivity index (χ1n) is 11.1. The first-order valence-corrected chi connectivity index (χ1v) is 12.6. The molecule has 2 heterocycles. The Labute approximate surface area is 186 Å². The maximum absolute atomic E-state index is 13.0. The second-order valence-corrected chi connectivity index (χ2v) is 10.4. The molecule has 1 N–H and O–H groups in total. The molecule has 2 aliphatic heterocycles. The van der Waals surface area contributed by atoms with Gasteiger partial charge in [0.2, 0.25) is 10.0 Å². The van der Waals surface area contributed by atoms with Crippen molar-refractivity contribution in [3.63, 3.8) is 0 Å². The number of fused-ring (bicyclic) bond motifs is 1. The van der Waals surface area contributed by atoms with Gasteiger partial charge in [0.05, 0.1) is 18.1 Å². The van der Waals surface area contributed by atoms with Crippen molar-refractivity contribution < 1.29 is 13.2 Å². The van der Waals surface area contributed by atoms with Gasteiger partial charge in [-0.25, -0.2) is 13.1 Å². The third-order valence-electron chi connectivity index (χ3n) is 6.58. The van der Waals surface area contributed by atoms with Crippen molar-refractivity contribution in [1.82, 2.24) is 9.62 Å². The number of hydrogen-bond acceptors (Lipinski definition) is 5. The van der Waals surface area contributed by atoms with Crippen LogP contribution in [0.5, 0.6) is 0 Å². The van der Waals surface area contributed by atoms with E-state index in [1.54, 1.807) is 12.1 Å². The van der Waals surface area contributed by atoms with Crippen LogP contribution in [-0.2, 0) is 21.2 Å². The minimum absolute atomic E-state index is 0.0252. The second kappa shape index (κ2) is 9.28. The number of nitrogens with zero attached hydrogens (tertiary/aromatic N) is 2. The summed E-state index contributed by atoms with van der Waals surface area (Å²) in [6.07, 6.45) is 2.21. The zero-order valence-corrected chi connectivity index (χ0v) is 19.5. The molecule has 31 heavy (non-hydrogen) atoms. The fourth-order valence-corrected chi connectivity index (χ4v) is 5.64. The Kier molecular flexibility index (Phi) is 6.67. The highest BCUT2D eigenvalue weighted by Gasteiger charge is 2.26. The summed E-state index contributed by atoms with van der Waals surface area (Å²) in [6, 6.07) is 11.9. The predicted molar refractivity (Wildman–Crippen MR) is 124 cm³/mol. The van der Waals surface area contributed by atoms with Gasteiger partial charge < -0.3 is 9.64 Å². The Morgan fingerprint density at radius 3 is 2.55 bits per heavy atom. The average Bonchev–Trinajstić information content (AvgIpc) is 2.76. The van der Waals surface area contributed by atoms with Crippen molar-refractivity contribution in [3.8, 4) is 0 Å². The highest BCUT2D eigenvalue weighted by molar-refractivity contribution is 7.89. The summed E-state index contributed by atoms with van der Waals surface area (Å²) in [7, 11) is -1.45. The maximum Gasteiger partial charge on any atom is 0.240 e. The molecule has 0 saturated carbocycles. The lowest BCUT2D eigenvalue weighted by Gasteiger charge is -2.36. The minimum Gasteiger partial charge on any atom is -0.379 e. The molecule has 0 unspecified atom stereocenters. The number of ether oxygens (including phenoxy) is 1. The summed E-state index contributed by atoms with van der Waals surface area (Å²) < 4.78 is 34.5. The van der Waals surface area contributed by atoms with E-state index in [1.165, 1.54) is 16.8 Å². The highest BCUT2D eigenvalue weighted by atomic mass is 32.2. The van der Waals surface area contributed by atoms with Gasteiger partial charge in [-0.1, -0.05) is 18.2 Å². The Morgan fingerprint density at radius 1 is 1.03 bits per heavy atom. The van der Waals surface area contributed by atoms with E-state index in [2.05, 4.69) is 39.8 Å². The van der Waals surface area contributed by atoms with Gasteiger partial charge in [-0.05, 0) is 67.1 Å². The number of rotatable bonds is 6. The zero-order chi connectivity index (χ0) is 22.0. The minimum atomic E-state index is -3.58. The molecule has 0 aromatic heterocycles. The van der Waals surface area contributed by atoms with Crippen molar-refractivity contribution in [2.45, 2.75) is 37.6 Å². The van der Waals surface area contributed by atoms with E-state index >= 15 is 0 Å². The number of nitrogens with one attached hydrogen (secondary N) is 1. The number of benzene rings is 2. The quantitative estimate of drug-likeness (QED) is 0.744. The van der Waals surface area contributed by atoms with Crippen LogP contribution < -0.4 is 9.62 Å². The van der Waals surface area contributed by atoms with E-state index in [0.29, 0.717) is 24.7 Å². The lowest BCUT2D eigenvalue weighted by molar-refractivity contribution is 0.0172. The molecule has 2 aromatic carbocycles. The Hall–Kier alpha value is -1.93. The van der Waals surface area contributed by atoms with Gasteiger partial charge >= 0.3 is 0 Å². The van der Waals surface area contributed by atoms with Crippen LogP contribution in [0.4, 0.5) is 5.69 Å². The molecule has 0 bridgehead atoms. The third-order valence-corrected chi connectivity index (χ3v) is 8.00. The fourth-order valence-electron chi connectivity index (χ4n) is 4.51. The Bertz CT molecular complexity index is 1030. The predicted octanol–water partition coefficient (Wildman–Crippen LogP) is 3.04. The number of morpholine rings is 1. The molecule has 6 nitrogen and oxygen atoms in total. The van der Waals surface area contributed by atoms with Crippen LogP contribution in [0.1, 0.15) is 34.7 Å². The Balaban J connectivity index is 1.59. The monoisotopic (exact) mass is 443 g/mol. The normalized spacial score (nSPS) is 18.6. The number of aryl methyl sites for hydroxylation is 3. The lowest BCUT2D eigenvalue weighted by Crippen LogP contribution is -2.43. The number of anilines is 1. The van der Waals surface area contributed by atoms with Crippen molar-refractivity contribution in [1.29, 1.82) is 0 Å². The van der Waals surface area contributed by atoms with Gasteiger partial charge in [0.15, 0.2) is 0 Å². The summed E-state index contributed by atoms with van der Waals surface area (Å²) in [6.45, 7) is 8.29. The molecule has 2 aliphatic rings. The Morgan fingerprint density at radius 2 is 1.81 bits per heavy atom. The summed E-state index contributed by atoms with van der Waals surface area (Å²) in [5.41, 5.74) is 5.86. The van der Waals surface area contributed by atoms with Crippen LogP contribution in [0.2, 0.25) is 0 Å². The van der Waals surface area contributed by atoms with E-state index in [0.717, 1.165) is 43.6 Å². The van der Waals surface area contributed by atoms with Crippen LogP contribution in [0.15, 0.2) is 41.3 Å². The molecule has 0 aliphatic carbocycles. The summed E-state index contributed by atoms with van der Waals surface area (Å²) in [4.78, 5) is 4.96. The van der Waals surface area contributed by atoms with Crippen LogP contribution in [0, 0.1) is 13.8 Å². The summed E-state index contributed by atoms with van der Waals surface area (Å²) >= 11 is 0. The molecule has 0 amide bonds. The van der Waals surface area contributed by atoms with Gasteiger partial charge in [-0.15, -0.1) is 0 Å². The van der Waals surface area contributed by atoms with Crippen molar-refractivity contribution >= 4 is 15.7 Å². The first kappa shape index (κ1) is 22.3. The molecule has 2 aromatic rings. The van der Waals surface area contributed by atoms with Gasteiger partial charge in [-0.3, -0.25) is 4.90 Å². The molecule has 4 rings (SSSR count). The van der Waals surface area contributed by atoms with Gasteiger partial charge in [-0.2, -0.15) is 0 Å². The summed E-state index contributed by atoms with van der Waals surface area (Å²) in [5, 5.41) is 0. The SMILES string of the molecule is Cc1ccc(S(=O)(=O)NC[C@@H](c2ccc3c(c2)CCCN3C)N2CCOCC2)cc1C. The van der Waals surface area contributed by atoms with E-state index in [9.17, 15) is 8.42 Å². The molecule has 1 atom stereocenters. The largest absolute Gasteiger partial charge is 0.379 e. The molecular formula is C24H33N3O3S. The van der Waals surface area contributed by atoms with Gasteiger partial charge in [0.1, 0.15) is 0 Å². The van der Waals surface area contributed by atoms with Crippen LogP contribution in [-0.4, -0.2) is 59.8 Å². The molecule has 168 valence electrons. The molecule has 1 fully saturated rings. The number of sulfonamides is 1. The average molecular weight is 444 g/mol. The van der Waals surface area contributed by atoms with Crippen LogP contribution in [0.3, 0.4) is 0 Å². The van der Waals surface area contributed by atoms with Crippen LogP contribution in [0.25, 0.3) is 0 Å². The van der Waals surface area contributed by atoms with E-state index in [-0.39, 0.29) is 6.04 Å². The molecule has 0 spiro atoms. The number of hydrogen-bond donors (Lipinski definition) is 1. The smallest absolute Gasteiger partial charge is 0.240 e. The molecule has 1 saturated heterocycles. The highest BCUT2D eigenvalue weighted by Crippen LogP contribution is 2.31. The van der Waals surface area contributed by atoms with Crippen molar-refractivity contribution in [2.75, 3.05) is 51.3 Å². The first-order chi connectivity index (χ1) is 14.8. The second-order valence-electron chi connectivity index (χ2n) is 8.68. The van der Waals surface area contributed by atoms with E-state index < -0.39 is 10.0 Å². The molecular weight excluding hydrogens is 410 g/mol. The maximum atomic E-state index is 13.0. The van der Waals surface area contributed by atoms with E-state index in [4.69, 9.17) is 4.74 Å². The third kappa shape index (κ3) is 4.95. The molecule has 0 radical (unpaired) electrons. The zero-order valence-electron chi connectivity index (χ0n) is 18.7. The standard InChI is InChI=1S/C24H33N3O3S/c1-18-6-8-22(15-19(18)2)31(28,29)25-17-24(27-11-13-30-14-12-27)21-7-9-23-20(16-21)5-4-10-26(23)3/h6-9,15-16,24-25H,4-5,10-14,17H2,1-3H3/t24-/m0/s1. The van der Waals surface area contributed by atoms with E-state index in [1.807, 2.05) is 19.9 Å². The molecule has 7 heteroatoms.